The van der Waals surface area contributed by atoms with Gasteiger partial charge >= 0.3 is 6.09 Å². The van der Waals surface area contributed by atoms with E-state index in [0.29, 0.717) is 12.5 Å². The van der Waals surface area contributed by atoms with Crippen LogP contribution in [0.25, 0.3) is 0 Å². The molecule has 5 heteroatoms. The molecule has 2 aliphatic heterocycles. The third kappa shape index (κ3) is 4.83. The van der Waals surface area contributed by atoms with Gasteiger partial charge in [0.05, 0.1) is 24.9 Å². The van der Waals surface area contributed by atoms with Crippen LogP contribution in [0, 0.1) is 5.92 Å². The van der Waals surface area contributed by atoms with Gasteiger partial charge in [0.2, 0.25) is 0 Å². The number of carbonyl (C=O) groups is 1. The minimum Gasteiger partial charge on any atom is -0.444 e. The first kappa shape index (κ1) is 18.5. The van der Waals surface area contributed by atoms with Crippen molar-refractivity contribution >= 4 is 6.09 Å². The Bertz CT molecular complexity index is 429. The second kappa shape index (κ2) is 6.25. The van der Waals surface area contributed by atoms with Crippen LogP contribution < -0.4 is 0 Å². The molecule has 2 saturated heterocycles. The summed E-state index contributed by atoms with van der Waals surface area (Å²) in [4.78, 5) is 14.4. The fraction of sp³-hybridized carbons (Fsp3) is 0.944. The Balaban J connectivity index is 2.01. The molecule has 0 bridgehead atoms. The number of ether oxygens (including phenoxy) is 3. The van der Waals surface area contributed by atoms with E-state index in [1.807, 2.05) is 34.6 Å². The number of nitrogens with zero attached hydrogens (tertiary/aromatic N) is 1. The number of amides is 1. The van der Waals surface area contributed by atoms with Gasteiger partial charge in [0.1, 0.15) is 11.3 Å². The Morgan fingerprint density at radius 3 is 2.35 bits per heavy atom. The zero-order valence-corrected chi connectivity index (χ0v) is 15.8. The highest BCUT2D eigenvalue weighted by Gasteiger charge is 2.46. The van der Waals surface area contributed by atoms with Crippen LogP contribution in [0.1, 0.15) is 67.7 Å². The molecule has 134 valence electrons. The Morgan fingerprint density at radius 1 is 1.17 bits per heavy atom. The van der Waals surface area contributed by atoms with E-state index >= 15 is 0 Å². The SMILES string of the molecule is CC(C)(C)OC(=O)N1C(CC2CCC(C)(C)OC2)COC1(C)C. The molecule has 0 saturated carbocycles. The molecule has 0 radical (unpaired) electrons. The normalized spacial score (nSPS) is 30.3. The average molecular weight is 327 g/mol. The van der Waals surface area contributed by atoms with Crippen molar-refractivity contribution in [3.05, 3.63) is 0 Å². The fourth-order valence-corrected chi connectivity index (χ4v) is 3.36. The van der Waals surface area contributed by atoms with Crippen LogP contribution in [0.2, 0.25) is 0 Å². The van der Waals surface area contributed by atoms with Crippen LogP contribution in [-0.4, -0.2) is 47.2 Å². The largest absolute Gasteiger partial charge is 0.444 e. The van der Waals surface area contributed by atoms with Crippen molar-refractivity contribution in [2.24, 2.45) is 5.92 Å². The van der Waals surface area contributed by atoms with Gasteiger partial charge < -0.3 is 14.2 Å². The summed E-state index contributed by atoms with van der Waals surface area (Å²) in [6.07, 6.45) is 2.80. The maximum atomic E-state index is 12.6. The number of hydrogen-bond acceptors (Lipinski definition) is 4. The van der Waals surface area contributed by atoms with Crippen LogP contribution in [0.3, 0.4) is 0 Å². The molecule has 2 unspecified atom stereocenters. The molecule has 2 aliphatic rings. The molecule has 2 rings (SSSR count). The minimum atomic E-state index is -0.623. The lowest BCUT2D eigenvalue weighted by atomic mass is 9.87. The summed E-state index contributed by atoms with van der Waals surface area (Å²) in [5, 5.41) is 0. The zero-order chi connectivity index (χ0) is 17.5. The predicted molar refractivity (Wildman–Crippen MR) is 89.3 cm³/mol. The summed E-state index contributed by atoms with van der Waals surface area (Å²) in [7, 11) is 0. The molecule has 0 aromatic rings. The highest BCUT2D eigenvalue weighted by molar-refractivity contribution is 5.69. The van der Waals surface area contributed by atoms with Gasteiger partial charge in [0.15, 0.2) is 0 Å². The molecule has 2 fully saturated rings. The summed E-state index contributed by atoms with van der Waals surface area (Å²) in [6, 6.07) is 0.0506. The van der Waals surface area contributed by atoms with Crippen molar-refractivity contribution in [3.63, 3.8) is 0 Å². The first-order valence-corrected chi connectivity index (χ1v) is 8.70. The Hall–Kier alpha value is -0.810. The average Bonchev–Trinajstić information content (AvgIpc) is 2.65. The molecule has 5 nitrogen and oxygen atoms in total. The van der Waals surface area contributed by atoms with Gasteiger partial charge in [-0.1, -0.05) is 0 Å². The number of carbonyl (C=O) groups excluding carboxylic acids is 1. The molecule has 0 spiro atoms. The van der Waals surface area contributed by atoms with E-state index in [2.05, 4.69) is 13.8 Å². The van der Waals surface area contributed by atoms with E-state index in [1.165, 1.54) is 0 Å². The van der Waals surface area contributed by atoms with E-state index in [-0.39, 0.29) is 17.7 Å². The van der Waals surface area contributed by atoms with Crippen molar-refractivity contribution in [1.82, 2.24) is 4.90 Å². The lowest BCUT2D eigenvalue weighted by molar-refractivity contribution is -0.0844. The topological polar surface area (TPSA) is 48.0 Å². The van der Waals surface area contributed by atoms with E-state index in [4.69, 9.17) is 14.2 Å². The summed E-state index contributed by atoms with van der Waals surface area (Å²) in [5.74, 6) is 0.468. The summed E-state index contributed by atoms with van der Waals surface area (Å²) < 4.78 is 17.4. The van der Waals surface area contributed by atoms with Crippen LogP contribution in [0.15, 0.2) is 0 Å². The number of rotatable bonds is 2. The highest BCUT2D eigenvalue weighted by Crippen LogP contribution is 2.36. The number of hydrogen-bond donors (Lipinski definition) is 0. The maximum absolute atomic E-state index is 12.6. The molecule has 2 heterocycles. The second-order valence-electron chi connectivity index (χ2n) is 8.97. The Morgan fingerprint density at radius 2 is 1.83 bits per heavy atom. The lowest BCUT2D eigenvalue weighted by Gasteiger charge is -2.38. The summed E-state index contributed by atoms with van der Waals surface area (Å²) in [6.45, 7) is 15.1. The lowest BCUT2D eigenvalue weighted by Crippen LogP contribution is -2.50. The first-order valence-electron chi connectivity index (χ1n) is 8.70. The van der Waals surface area contributed by atoms with Crippen molar-refractivity contribution in [2.45, 2.75) is 90.7 Å². The van der Waals surface area contributed by atoms with Gasteiger partial charge in [0, 0.05) is 0 Å². The van der Waals surface area contributed by atoms with Gasteiger partial charge in [0.25, 0.3) is 0 Å². The van der Waals surface area contributed by atoms with Gasteiger partial charge in [-0.25, -0.2) is 4.79 Å². The van der Waals surface area contributed by atoms with Crippen LogP contribution >= 0.6 is 0 Å². The Kier molecular flexibility index (Phi) is 5.03. The van der Waals surface area contributed by atoms with Gasteiger partial charge in [-0.05, 0) is 73.6 Å². The molecule has 1 amide bonds. The molecule has 0 aliphatic carbocycles. The minimum absolute atomic E-state index is 0.0210. The second-order valence-corrected chi connectivity index (χ2v) is 8.97. The van der Waals surface area contributed by atoms with Crippen LogP contribution in [-0.2, 0) is 14.2 Å². The zero-order valence-electron chi connectivity index (χ0n) is 15.8. The quantitative estimate of drug-likeness (QED) is 0.770. The third-order valence-corrected chi connectivity index (χ3v) is 4.63. The smallest absolute Gasteiger partial charge is 0.412 e. The van der Waals surface area contributed by atoms with Gasteiger partial charge in [-0.3, -0.25) is 4.90 Å². The van der Waals surface area contributed by atoms with Crippen molar-refractivity contribution in [2.75, 3.05) is 13.2 Å². The highest BCUT2D eigenvalue weighted by atomic mass is 16.6. The monoisotopic (exact) mass is 327 g/mol. The van der Waals surface area contributed by atoms with E-state index < -0.39 is 11.3 Å². The molecule has 0 aromatic heterocycles. The predicted octanol–water partition coefficient (Wildman–Crippen LogP) is 3.95. The third-order valence-electron chi connectivity index (χ3n) is 4.63. The molecule has 0 N–H and O–H groups in total. The van der Waals surface area contributed by atoms with E-state index in [0.717, 1.165) is 25.9 Å². The molecular formula is C18H33NO4. The van der Waals surface area contributed by atoms with Crippen LogP contribution in [0.5, 0.6) is 0 Å². The standard InChI is InChI=1S/C18H33NO4/c1-16(2,3)23-15(20)19-14(12-22-18(19,6)7)10-13-8-9-17(4,5)21-11-13/h13-14H,8-12H2,1-7H3. The van der Waals surface area contributed by atoms with E-state index in [9.17, 15) is 4.79 Å². The van der Waals surface area contributed by atoms with Gasteiger partial charge in [-0.15, -0.1) is 0 Å². The van der Waals surface area contributed by atoms with Crippen molar-refractivity contribution in [1.29, 1.82) is 0 Å². The van der Waals surface area contributed by atoms with Gasteiger partial charge in [-0.2, -0.15) is 0 Å². The Labute approximate surface area is 140 Å². The van der Waals surface area contributed by atoms with Crippen LogP contribution in [0.4, 0.5) is 4.79 Å². The fourth-order valence-electron chi connectivity index (χ4n) is 3.36. The first-order chi connectivity index (χ1) is 10.4. The molecular weight excluding hydrogens is 294 g/mol. The summed E-state index contributed by atoms with van der Waals surface area (Å²) in [5.41, 5.74) is -1.15. The van der Waals surface area contributed by atoms with Crippen molar-refractivity contribution < 1.29 is 19.0 Å². The summed E-state index contributed by atoms with van der Waals surface area (Å²) >= 11 is 0. The maximum Gasteiger partial charge on any atom is 0.412 e. The molecule has 23 heavy (non-hydrogen) atoms. The molecule has 0 aromatic carbocycles. The molecule has 2 atom stereocenters. The van der Waals surface area contributed by atoms with Crippen molar-refractivity contribution in [3.8, 4) is 0 Å². The van der Waals surface area contributed by atoms with E-state index in [1.54, 1.807) is 4.90 Å².